The van der Waals surface area contributed by atoms with Crippen molar-refractivity contribution in [2.75, 3.05) is 0 Å². The van der Waals surface area contributed by atoms with E-state index in [0.29, 0.717) is 5.56 Å². The number of thioether (sulfide) groups is 1. The number of benzene rings is 1. The fourth-order valence-corrected chi connectivity index (χ4v) is 4.83. The topological polar surface area (TPSA) is 113 Å². The van der Waals surface area contributed by atoms with Gasteiger partial charge in [-0.05, 0) is 19.4 Å². The van der Waals surface area contributed by atoms with Gasteiger partial charge in [0.05, 0.1) is 0 Å². The Morgan fingerprint density at radius 3 is 2.54 bits per heavy atom. The predicted molar refractivity (Wildman–Crippen MR) is 89.0 cm³/mol. The molecule has 0 bridgehead atoms. The Morgan fingerprint density at radius 1 is 1.33 bits per heavy atom. The SMILES string of the molecule is CC1(C)S[C@@H]2[C@H](NC(=O)[C@H]([15NH2])c3ccccc3)C(=O)N2[C@H]1C(=O)O. The van der Waals surface area contributed by atoms with Crippen LogP contribution in [0.4, 0.5) is 0 Å². The number of amides is 2. The highest BCUT2D eigenvalue weighted by atomic mass is 32.2. The van der Waals surface area contributed by atoms with E-state index in [4.69, 9.17) is 5.73 Å². The number of carbonyl (C=O) groups excluding carboxylic acids is 2. The van der Waals surface area contributed by atoms with Crippen molar-refractivity contribution in [2.24, 2.45) is 5.73 Å². The smallest absolute Gasteiger partial charge is 0.327 e. The number of aliphatic carboxylic acids is 1. The molecule has 2 amide bonds. The lowest BCUT2D eigenvalue weighted by atomic mass is 9.96. The molecule has 2 saturated heterocycles. The van der Waals surface area contributed by atoms with Crippen LogP contribution in [0.15, 0.2) is 30.3 Å². The molecule has 0 aliphatic carbocycles. The molecule has 3 rings (SSSR count). The number of carboxylic acid groups (broad SMARTS) is 1. The van der Waals surface area contributed by atoms with E-state index in [1.807, 2.05) is 6.07 Å². The van der Waals surface area contributed by atoms with Gasteiger partial charge in [-0.25, -0.2) is 4.79 Å². The average molecular weight is 350 g/mol. The summed E-state index contributed by atoms with van der Waals surface area (Å²) < 4.78 is -0.618. The first-order chi connectivity index (χ1) is 11.2. The second kappa shape index (κ2) is 5.78. The molecule has 0 aromatic heterocycles. The lowest BCUT2D eigenvalue weighted by Gasteiger charge is -2.43. The summed E-state index contributed by atoms with van der Waals surface area (Å²) in [5, 5.41) is 11.7. The van der Waals surface area contributed by atoms with E-state index in [1.54, 1.807) is 38.1 Å². The summed E-state index contributed by atoms with van der Waals surface area (Å²) >= 11 is 1.38. The van der Waals surface area contributed by atoms with Crippen molar-refractivity contribution in [1.82, 2.24) is 10.2 Å². The fourth-order valence-electron chi connectivity index (χ4n) is 3.20. The number of fused-ring (bicyclic) bond motifs is 1. The molecule has 128 valence electrons. The van der Waals surface area contributed by atoms with Gasteiger partial charge in [-0.3, -0.25) is 9.59 Å². The average Bonchev–Trinajstić information content (AvgIpc) is 2.80. The van der Waals surface area contributed by atoms with Crippen molar-refractivity contribution in [1.29, 1.82) is 0 Å². The quantitative estimate of drug-likeness (QED) is 0.532. The number of hydrogen-bond acceptors (Lipinski definition) is 5. The minimum absolute atomic E-state index is 0.375. The predicted octanol–water partition coefficient (Wildman–Crippen LogP) is 0.318. The van der Waals surface area contributed by atoms with Gasteiger partial charge >= 0.3 is 5.97 Å². The summed E-state index contributed by atoms with van der Waals surface area (Å²) in [6.07, 6.45) is 0. The minimum atomic E-state index is -1.03. The molecule has 4 N–H and O–H groups in total. The summed E-state index contributed by atoms with van der Waals surface area (Å²) in [5.74, 6) is -1.86. The first-order valence-corrected chi connectivity index (χ1v) is 8.45. The van der Waals surface area contributed by atoms with Gasteiger partial charge in [-0.1, -0.05) is 30.3 Å². The van der Waals surface area contributed by atoms with Gasteiger partial charge < -0.3 is 21.1 Å². The van der Waals surface area contributed by atoms with Crippen LogP contribution in [0, 0.1) is 0 Å². The van der Waals surface area contributed by atoms with E-state index in [2.05, 4.69) is 5.32 Å². The number of carbonyl (C=O) groups is 3. The Kier molecular flexibility index (Phi) is 4.05. The van der Waals surface area contributed by atoms with Gasteiger partial charge in [0.2, 0.25) is 11.8 Å². The van der Waals surface area contributed by atoms with E-state index in [9.17, 15) is 19.5 Å². The van der Waals surface area contributed by atoms with Gasteiger partial charge in [-0.15, -0.1) is 11.8 Å². The number of rotatable bonds is 4. The van der Waals surface area contributed by atoms with Crippen molar-refractivity contribution >= 4 is 29.5 Å². The van der Waals surface area contributed by atoms with Crippen LogP contribution in [0.1, 0.15) is 25.5 Å². The molecule has 2 heterocycles. The first kappa shape index (κ1) is 16.8. The van der Waals surface area contributed by atoms with Gasteiger partial charge in [0.1, 0.15) is 23.5 Å². The molecule has 2 fully saturated rings. The fraction of sp³-hybridized carbons (Fsp3) is 0.438. The molecule has 2 aliphatic heterocycles. The maximum atomic E-state index is 12.3. The van der Waals surface area contributed by atoms with E-state index in [0.717, 1.165) is 0 Å². The number of nitrogens with one attached hydrogen (secondary N) is 1. The van der Waals surface area contributed by atoms with Crippen LogP contribution in [-0.4, -0.2) is 50.0 Å². The highest BCUT2D eigenvalue weighted by Gasteiger charge is 2.64. The summed E-state index contributed by atoms with van der Waals surface area (Å²) in [7, 11) is 0. The Balaban J connectivity index is 1.71. The molecule has 7 nitrogen and oxygen atoms in total. The van der Waals surface area contributed by atoms with Crippen molar-refractivity contribution < 1.29 is 19.5 Å². The third kappa shape index (κ3) is 2.55. The number of nitrogens with two attached hydrogens (primary N) is 1. The summed E-state index contributed by atoms with van der Waals surface area (Å²) in [6, 6.07) is 6.38. The Morgan fingerprint density at radius 2 is 1.96 bits per heavy atom. The number of carboxylic acids is 1. The lowest BCUT2D eigenvalue weighted by molar-refractivity contribution is -0.161. The van der Waals surface area contributed by atoms with Gasteiger partial charge in [0.25, 0.3) is 0 Å². The maximum absolute atomic E-state index is 12.3. The normalized spacial score (nSPS) is 28.7. The molecule has 8 heteroatoms. The van der Waals surface area contributed by atoms with Crippen LogP contribution in [0.3, 0.4) is 0 Å². The molecule has 4 atom stereocenters. The third-order valence-electron chi connectivity index (χ3n) is 4.41. The molecule has 0 radical (unpaired) electrons. The van der Waals surface area contributed by atoms with Gasteiger partial charge in [0.15, 0.2) is 0 Å². The van der Waals surface area contributed by atoms with Crippen molar-refractivity contribution in [3.63, 3.8) is 0 Å². The molecule has 1 aromatic rings. The summed E-state index contributed by atoms with van der Waals surface area (Å²) in [5.41, 5.74) is 6.59. The third-order valence-corrected chi connectivity index (χ3v) is 5.99. The monoisotopic (exact) mass is 350 g/mol. The van der Waals surface area contributed by atoms with Gasteiger partial charge in [0, 0.05) is 4.75 Å². The summed E-state index contributed by atoms with van der Waals surface area (Å²) in [4.78, 5) is 37.5. The van der Waals surface area contributed by atoms with Crippen LogP contribution in [0.2, 0.25) is 0 Å². The molecular weight excluding hydrogens is 331 g/mol. The van der Waals surface area contributed by atoms with Gasteiger partial charge in [-0.2, -0.15) is 0 Å². The maximum Gasteiger partial charge on any atom is 0.327 e. The van der Waals surface area contributed by atoms with Crippen LogP contribution in [0.5, 0.6) is 0 Å². The zero-order chi connectivity index (χ0) is 17.6. The largest absolute Gasteiger partial charge is 0.480 e. The molecule has 2 aliphatic rings. The Hall–Kier alpha value is -2.06. The Bertz CT molecular complexity index is 694. The highest BCUT2D eigenvalue weighted by Crippen LogP contribution is 2.50. The van der Waals surface area contributed by atoms with E-state index < -0.39 is 34.7 Å². The number of hydrogen-bond donors (Lipinski definition) is 3. The Labute approximate surface area is 143 Å². The molecule has 1 aromatic carbocycles. The lowest BCUT2D eigenvalue weighted by Crippen LogP contribution is -2.71. The summed E-state index contributed by atoms with van der Waals surface area (Å²) in [6.45, 7) is 3.58. The van der Waals surface area contributed by atoms with Crippen LogP contribution >= 0.6 is 11.8 Å². The molecule has 0 unspecified atom stereocenters. The molecule has 0 saturated carbocycles. The minimum Gasteiger partial charge on any atom is -0.480 e. The second-order valence-corrected chi connectivity index (χ2v) is 8.24. The molecule has 24 heavy (non-hydrogen) atoms. The van der Waals surface area contributed by atoms with E-state index in [-0.39, 0.29) is 11.3 Å². The van der Waals surface area contributed by atoms with Crippen molar-refractivity contribution in [2.45, 2.75) is 42.1 Å². The molecule has 0 spiro atoms. The highest BCUT2D eigenvalue weighted by molar-refractivity contribution is 8.01. The van der Waals surface area contributed by atoms with Crippen molar-refractivity contribution in [3.8, 4) is 0 Å². The number of nitrogens with zero attached hydrogens (tertiary/aromatic N) is 1. The second-order valence-electron chi connectivity index (χ2n) is 6.47. The molecular formula is C16H19N3O4S. The van der Waals surface area contributed by atoms with Crippen LogP contribution in [-0.2, 0) is 14.4 Å². The standard InChI is InChI=1S/C16H19N3O4S/c1-16(2)11(15(22)23)19-13(21)10(14(19)24-16)18-12(20)9(17)8-6-4-3-5-7-8/h3-7,9-11,14H,17H2,1-2H3,(H,18,20)(H,22,23)/t9-,10-,11+,14-/m1/s1/i17+1. The van der Waals surface area contributed by atoms with Crippen molar-refractivity contribution in [3.05, 3.63) is 35.9 Å². The zero-order valence-corrected chi connectivity index (χ0v) is 14.1. The van der Waals surface area contributed by atoms with Crippen LogP contribution in [0.25, 0.3) is 0 Å². The number of β-lactam (4-membered cyclic amide) rings is 1. The zero-order valence-electron chi connectivity index (χ0n) is 13.3. The first-order valence-electron chi connectivity index (χ1n) is 7.58. The van der Waals surface area contributed by atoms with E-state index >= 15 is 0 Å². The van der Waals surface area contributed by atoms with Crippen LogP contribution < -0.4 is 11.1 Å². The van der Waals surface area contributed by atoms with E-state index in [1.165, 1.54) is 16.7 Å².